The van der Waals surface area contributed by atoms with Crippen LogP contribution in [0.4, 0.5) is 15.8 Å². The van der Waals surface area contributed by atoms with E-state index in [2.05, 4.69) is 38.1 Å². The van der Waals surface area contributed by atoms with Crippen molar-refractivity contribution in [3.8, 4) is 11.4 Å². The summed E-state index contributed by atoms with van der Waals surface area (Å²) in [5, 5.41) is 14.6. The van der Waals surface area contributed by atoms with Gasteiger partial charge in [-0.2, -0.15) is 5.10 Å². The highest BCUT2D eigenvalue weighted by molar-refractivity contribution is 14.1. The zero-order valence-corrected chi connectivity index (χ0v) is 19.2. The fourth-order valence-corrected chi connectivity index (χ4v) is 3.75. The number of H-pyrrole nitrogens is 1. The molecule has 0 unspecified atom stereocenters. The van der Waals surface area contributed by atoms with Crippen molar-refractivity contribution in [1.29, 1.82) is 0 Å². The highest BCUT2D eigenvalue weighted by atomic mass is 127. The third-order valence-electron chi connectivity index (χ3n) is 4.27. The molecule has 0 saturated carbocycles. The fraction of sp³-hybridized carbons (Fsp3) is 0.222. The van der Waals surface area contributed by atoms with Crippen molar-refractivity contribution < 1.29 is 12.8 Å². The zero-order valence-electron chi connectivity index (χ0n) is 16.2. The molecule has 0 bridgehead atoms. The number of benzene rings is 2. The van der Waals surface area contributed by atoms with E-state index in [0.717, 1.165) is 15.7 Å². The minimum atomic E-state index is -4.33. The molecule has 160 valence electrons. The highest BCUT2D eigenvalue weighted by Crippen LogP contribution is 2.33. The molecule has 0 amide bonds. The van der Waals surface area contributed by atoms with E-state index in [1.807, 2.05) is 31.1 Å². The summed E-state index contributed by atoms with van der Waals surface area (Å²) < 4.78 is 40.7. The second-order valence-corrected chi connectivity index (χ2v) is 9.59. The number of nitrogens with one attached hydrogen (secondary N) is 2. The summed E-state index contributed by atoms with van der Waals surface area (Å²) in [5.74, 6) is -0.841. The predicted molar refractivity (Wildman–Crippen MR) is 121 cm³/mol. The molecule has 0 saturated heterocycles. The van der Waals surface area contributed by atoms with Gasteiger partial charge in [-0.05, 0) is 73.1 Å². The van der Waals surface area contributed by atoms with Crippen molar-refractivity contribution in [2.75, 3.05) is 26.0 Å². The number of sulfonamides is 1. The van der Waals surface area contributed by atoms with Gasteiger partial charge in [0.25, 0.3) is 0 Å². The van der Waals surface area contributed by atoms with Crippen LogP contribution in [0.15, 0.2) is 46.1 Å². The highest BCUT2D eigenvalue weighted by Gasteiger charge is 2.22. The Bertz CT molecular complexity index is 1220. The molecule has 0 aliphatic carbocycles. The Morgan fingerprint density at radius 3 is 2.53 bits per heavy atom. The van der Waals surface area contributed by atoms with Gasteiger partial charge in [-0.25, -0.2) is 27.8 Å². The molecule has 1 aromatic heterocycles. The Labute approximate surface area is 186 Å². The molecular weight excluding hydrogens is 526 g/mol. The second kappa shape index (κ2) is 8.83. The standard InChI is InChI=1S/C18H20FIN6O3S/c1-25(2)7-8-26-17(23-24-18(26)27)13-9-16(30(21,28)29)14(19)10-15(13)22-12-5-3-11(20)4-6-12/h3-6,9-10,22H,7-8H2,1-2H3,(H,24,27)(H2,21,28,29). The van der Waals surface area contributed by atoms with Crippen LogP contribution in [0.5, 0.6) is 0 Å². The van der Waals surface area contributed by atoms with Gasteiger partial charge in [0.2, 0.25) is 10.0 Å². The van der Waals surface area contributed by atoms with Gasteiger partial charge in [-0.1, -0.05) is 0 Å². The number of hydrogen-bond acceptors (Lipinski definition) is 6. The van der Waals surface area contributed by atoms with Crippen molar-refractivity contribution in [3.05, 3.63) is 56.3 Å². The maximum atomic E-state index is 14.6. The molecule has 0 aliphatic heterocycles. The van der Waals surface area contributed by atoms with Crippen molar-refractivity contribution in [2.45, 2.75) is 11.4 Å². The van der Waals surface area contributed by atoms with Gasteiger partial charge in [0.15, 0.2) is 5.82 Å². The normalized spacial score (nSPS) is 11.8. The minimum absolute atomic E-state index is 0.166. The number of primary sulfonamides is 1. The molecule has 30 heavy (non-hydrogen) atoms. The first-order chi connectivity index (χ1) is 14.1. The molecule has 1 heterocycles. The van der Waals surface area contributed by atoms with Crippen LogP contribution < -0.4 is 16.1 Å². The molecule has 0 spiro atoms. The smallest absolute Gasteiger partial charge is 0.343 e. The molecule has 0 aliphatic rings. The van der Waals surface area contributed by atoms with Crippen molar-refractivity contribution in [2.24, 2.45) is 5.14 Å². The van der Waals surface area contributed by atoms with Gasteiger partial charge in [-0.15, -0.1) is 0 Å². The third-order valence-corrected chi connectivity index (χ3v) is 5.92. The van der Waals surface area contributed by atoms with E-state index in [1.165, 1.54) is 4.57 Å². The van der Waals surface area contributed by atoms with E-state index in [9.17, 15) is 17.6 Å². The fourth-order valence-electron chi connectivity index (χ4n) is 2.78. The average molecular weight is 546 g/mol. The first-order valence-corrected chi connectivity index (χ1v) is 11.4. The number of nitrogens with two attached hydrogens (primary N) is 1. The number of anilines is 2. The Morgan fingerprint density at radius 1 is 1.27 bits per heavy atom. The van der Waals surface area contributed by atoms with Gasteiger partial charge in [-0.3, -0.25) is 4.57 Å². The monoisotopic (exact) mass is 546 g/mol. The molecule has 2 aromatic carbocycles. The number of rotatable bonds is 7. The van der Waals surface area contributed by atoms with Gasteiger partial charge in [0, 0.05) is 27.9 Å². The van der Waals surface area contributed by atoms with Crippen LogP contribution in [0.1, 0.15) is 0 Å². The average Bonchev–Trinajstić information content (AvgIpc) is 3.01. The summed E-state index contributed by atoms with van der Waals surface area (Å²) in [4.78, 5) is 13.5. The van der Waals surface area contributed by atoms with Crippen LogP contribution in [0.3, 0.4) is 0 Å². The van der Waals surface area contributed by atoms with Crippen LogP contribution in [-0.2, 0) is 16.6 Å². The van der Waals surface area contributed by atoms with Crippen LogP contribution in [0, 0.1) is 9.39 Å². The maximum absolute atomic E-state index is 14.6. The van der Waals surface area contributed by atoms with Gasteiger partial charge in [0.05, 0.1) is 5.69 Å². The molecule has 9 nitrogen and oxygen atoms in total. The lowest BCUT2D eigenvalue weighted by atomic mass is 10.1. The Hall–Kier alpha value is -2.29. The Balaban J connectivity index is 2.18. The van der Waals surface area contributed by atoms with Crippen LogP contribution >= 0.6 is 22.6 Å². The lowest BCUT2D eigenvalue weighted by Gasteiger charge is -2.16. The summed E-state index contributed by atoms with van der Waals surface area (Å²) in [5.41, 5.74) is 0.646. The molecular formula is C18H20FIN6O3S. The van der Waals surface area contributed by atoms with Gasteiger partial charge >= 0.3 is 5.69 Å². The van der Waals surface area contributed by atoms with Crippen LogP contribution in [0.25, 0.3) is 11.4 Å². The summed E-state index contributed by atoms with van der Waals surface area (Å²) >= 11 is 2.16. The van der Waals surface area contributed by atoms with E-state index in [1.54, 1.807) is 12.1 Å². The lowest BCUT2D eigenvalue weighted by molar-refractivity contribution is 0.382. The zero-order chi connectivity index (χ0) is 22.1. The molecule has 0 atom stereocenters. The van der Waals surface area contributed by atoms with E-state index in [0.29, 0.717) is 18.8 Å². The number of hydrogen-bond donors (Lipinski definition) is 3. The van der Waals surface area contributed by atoms with Crippen LogP contribution in [0.2, 0.25) is 0 Å². The number of halogens is 2. The molecule has 0 fully saturated rings. The summed E-state index contributed by atoms with van der Waals surface area (Å²) in [6.07, 6.45) is 0. The first kappa shape index (κ1) is 22.4. The van der Waals surface area contributed by atoms with Crippen molar-refractivity contribution >= 4 is 44.0 Å². The Morgan fingerprint density at radius 2 is 1.93 bits per heavy atom. The van der Waals surface area contributed by atoms with E-state index in [4.69, 9.17) is 5.14 Å². The van der Waals surface area contributed by atoms with Gasteiger partial charge in [0.1, 0.15) is 10.7 Å². The van der Waals surface area contributed by atoms with Crippen molar-refractivity contribution in [1.82, 2.24) is 19.7 Å². The third kappa shape index (κ3) is 5.06. The van der Waals surface area contributed by atoms with E-state index < -0.39 is 26.4 Å². The van der Waals surface area contributed by atoms with Crippen LogP contribution in [-0.4, -0.2) is 48.7 Å². The van der Waals surface area contributed by atoms with Gasteiger partial charge < -0.3 is 10.2 Å². The number of nitrogens with zero attached hydrogens (tertiary/aromatic N) is 3. The lowest BCUT2D eigenvalue weighted by Crippen LogP contribution is -2.25. The van der Waals surface area contributed by atoms with E-state index in [-0.39, 0.29) is 17.1 Å². The molecule has 12 heteroatoms. The summed E-state index contributed by atoms with van der Waals surface area (Å²) in [6, 6.07) is 9.42. The quantitative estimate of drug-likeness (QED) is 0.389. The molecule has 3 rings (SSSR count). The molecule has 0 radical (unpaired) electrons. The maximum Gasteiger partial charge on any atom is 0.343 e. The predicted octanol–water partition coefficient (Wildman–Crippen LogP) is 1.93. The number of aromatic nitrogens is 3. The summed E-state index contributed by atoms with van der Waals surface area (Å²) in [7, 11) is -0.623. The molecule has 3 aromatic rings. The van der Waals surface area contributed by atoms with E-state index >= 15 is 0 Å². The Kier molecular flexibility index (Phi) is 6.59. The number of likely N-dealkylation sites (N-methyl/N-ethyl adjacent to an activating group) is 1. The molecule has 4 N–H and O–H groups in total. The largest absolute Gasteiger partial charge is 0.355 e. The first-order valence-electron chi connectivity index (χ1n) is 8.75. The SMILES string of the molecule is CN(C)CCn1c(-c2cc(S(N)(=O)=O)c(F)cc2Nc2ccc(I)cc2)n[nH]c1=O. The summed E-state index contributed by atoms with van der Waals surface area (Å²) in [6.45, 7) is 0.832. The number of aromatic amines is 1. The minimum Gasteiger partial charge on any atom is -0.355 e. The van der Waals surface area contributed by atoms with Crippen molar-refractivity contribution in [3.63, 3.8) is 0 Å². The topological polar surface area (TPSA) is 126 Å². The second-order valence-electron chi connectivity index (χ2n) is 6.81.